The molecule has 0 aromatic carbocycles. The number of nitrogens with zero attached hydrogens (tertiary/aromatic N) is 3. The summed E-state index contributed by atoms with van der Waals surface area (Å²) in [6, 6.07) is 2.86. The number of carbonyl (C=O) groups excluding carboxylic acids is 1. The standard InChI is InChI=1S/C11H13N5O3/c1-2-5-15-7-8(16(18)19)6-9(15)11(17)13-10-3-4-12-14-10/h3-4,6-7H,2,5H2,1H3,(H2,12,13,14,17). The van der Waals surface area contributed by atoms with Crippen LogP contribution in [0.25, 0.3) is 0 Å². The molecule has 0 fully saturated rings. The normalized spacial score (nSPS) is 10.4. The Morgan fingerprint density at radius 2 is 2.42 bits per heavy atom. The lowest BCUT2D eigenvalue weighted by Gasteiger charge is -2.06. The van der Waals surface area contributed by atoms with Crippen LogP contribution in [0, 0.1) is 10.1 Å². The van der Waals surface area contributed by atoms with Gasteiger partial charge in [-0.25, -0.2) is 0 Å². The number of hydrogen-bond acceptors (Lipinski definition) is 4. The monoisotopic (exact) mass is 263 g/mol. The Balaban J connectivity index is 2.26. The summed E-state index contributed by atoms with van der Waals surface area (Å²) in [4.78, 5) is 22.3. The molecule has 8 heteroatoms. The van der Waals surface area contributed by atoms with Gasteiger partial charge < -0.3 is 9.88 Å². The Morgan fingerprint density at radius 1 is 1.63 bits per heavy atom. The summed E-state index contributed by atoms with van der Waals surface area (Å²) in [5, 5.41) is 19.6. The van der Waals surface area contributed by atoms with Crippen LogP contribution in [0.5, 0.6) is 0 Å². The third-order valence-corrected chi connectivity index (χ3v) is 2.54. The average molecular weight is 263 g/mol. The number of amides is 1. The second-order valence-corrected chi connectivity index (χ2v) is 3.96. The maximum absolute atomic E-state index is 12.0. The van der Waals surface area contributed by atoms with Crippen LogP contribution in [-0.4, -0.2) is 25.6 Å². The van der Waals surface area contributed by atoms with Crippen molar-refractivity contribution < 1.29 is 9.72 Å². The zero-order chi connectivity index (χ0) is 13.8. The van der Waals surface area contributed by atoms with Crippen LogP contribution in [0.4, 0.5) is 11.5 Å². The molecule has 2 rings (SSSR count). The minimum absolute atomic E-state index is 0.0942. The van der Waals surface area contributed by atoms with Gasteiger partial charge >= 0.3 is 0 Å². The highest BCUT2D eigenvalue weighted by Crippen LogP contribution is 2.18. The summed E-state index contributed by atoms with van der Waals surface area (Å²) >= 11 is 0. The van der Waals surface area contributed by atoms with Crippen LogP contribution in [0.3, 0.4) is 0 Å². The highest BCUT2D eigenvalue weighted by molar-refractivity contribution is 6.03. The maximum atomic E-state index is 12.0. The number of rotatable bonds is 5. The first-order valence-electron chi connectivity index (χ1n) is 5.77. The zero-order valence-electron chi connectivity index (χ0n) is 10.3. The summed E-state index contributed by atoms with van der Waals surface area (Å²) in [5.41, 5.74) is 0.159. The van der Waals surface area contributed by atoms with Gasteiger partial charge in [0.25, 0.3) is 11.6 Å². The predicted octanol–water partition coefficient (Wildman–Crippen LogP) is 1.78. The van der Waals surface area contributed by atoms with Crippen molar-refractivity contribution in [2.45, 2.75) is 19.9 Å². The summed E-state index contributed by atoms with van der Waals surface area (Å²) < 4.78 is 1.57. The Bertz CT molecular complexity index is 588. The lowest BCUT2D eigenvalue weighted by Crippen LogP contribution is -2.17. The number of aromatic nitrogens is 3. The van der Waals surface area contributed by atoms with Gasteiger partial charge in [0.15, 0.2) is 0 Å². The molecule has 0 saturated heterocycles. The van der Waals surface area contributed by atoms with E-state index < -0.39 is 10.8 Å². The smallest absolute Gasteiger partial charge is 0.287 e. The average Bonchev–Trinajstić information content (AvgIpc) is 2.98. The summed E-state index contributed by atoms with van der Waals surface area (Å²) in [6.45, 7) is 2.47. The van der Waals surface area contributed by atoms with Crippen LogP contribution >= 0.6 is 0 Å². The van der Waals surface area contributed by atoms with Crippen molar-refractivity contribution in [1.29, 1.82) is 0 Å². The molecule has 0 aliphatic rings. The number of hydrogen-bond donors (Lipinski definition) is 2. The summed E-state index contributed by atoms with van der Waals surface area (Å²) in [7, 11) is 0. The molecule has 0 saturated carbocycles. The topological polar surface area (TPSA) is 106 Å². The van der Waals surface area contributed by atoms with Gasteiger partial charge in [-0.05, 0) is 6.42 Å². The third-order valence-electron chi connectivity index (χ3n) is 2.54. The Hall–Kier alpha value is -2.64. The molecule has 0 aliphatic heterocycles. The number of carbonyl (C=O) groups is 1. The highest BCUT2D eigenvalue weighted by Gasteiger charge is 2.19. The first-order valence-corrected chi connectivity index (χ1v) is 5.77. The van der Waals surface area contributed by atoms with Gasteiger partial charge in [0, 0.05) is 18.7 Å². The molecule has 2 heterocycles. The maximum Gasteiger partial charge on any atom is 0.287 e. The number of aromatic amines is 1. The van der Waals surface area contributed by atoms with Gasteiger partial charge in [-0.3, -0.25) is 20.0 Å². The van der Waals surface area contributed by atoms with Crippen molar-refractivity contribution in [3.8, 4) is 0 Å². The molecule has 19 heavy (non-hydrogen) atoms. The fourth-order valence-electron chi connectivity index (χ4n) is 1.72. The largest absolute Gasteiger partial charge is 0.337 e. The van der Waals surface area contributed by atoms with E-state index in [0.717, 1.165) is 6.42 Å². The van der Waals surface area contributed by atoms with Crippen LogP contribution in [0.1, 0.15) is 23.8 Å². The van der Waals surface area contributed by atoms with E-state index in [4.69, 9.17) is 0 Å². The molecule has 0 radical (unpaired) electrons. The van der Waals surface area contributed by atoms with Crippen LogP contribution < -0.4 is 5.32 Å². The molecule has 100 valence electrons. The molecule has 2 aromatic rings. The van der Waals surface area contributed by atoms with Crippen molar-refractivity contribution >= 4 is 17.4 Å². The number of nitro groups is 1. The molecule has 1 amide bonds. The van der Waals surface area contributed by atoms with Gasteiger partial charge in [0.05, 0.1) is 17.3 Å². The van der Waals surface area contributed by atoms with Gasteiger partial charge in [-0.15, -0.1) is 0 Å². The molecule has 2 aromatic heterocycles. The van der Waals surface area contributed by atoms with Crippen LogP contribution in [0.15, 0.2) is 24.5 Å². The Labute approximate surface area is 108 Å². The van der Waals surface area contributed by atoms with E-state index in [0.29, 0.717) is 12.4 Å². The lowest BCUT2D eigenvalue weighted by atomic mass is 10.3. The van der Waals surface area contributed by atoms with E-state index in [-0.39, 0.29) is 11.4 Å². The zero-order valence-corrected chi connectivity index (χ0v) is 10.3. The summed E-state index contributed by atoms with van der Waals surface area (Å²) in [5.74, 6) is 0.0303. The van der Waals surface area contributed by atoms with Crippen molar-refractivity contribution in [3.63, 3.8) is 0 Å². The fraction of sp³-hybridized carbons (Fsp3) is 0.273. The molecular weight excluding hydrogens is 250 g/mol. The fourth-order valence-corrected chi connectivity index (χ4v) is 1.72. The number of H-pyrrole nitrogens is 1. The molecule has 0 unspecified atom stereocenters. The first kappa shape index (κ1) is 12.8. The second-order valence-electron chi connectivity index (χ2n) is 3.96. The van der Waals surface area contributed by atoms with Crippen LogP contribution in [0.2, 0.25) is 0 Å². The van der Waals surface area contributed by atoms with E-state index in [1.54, 1.807) is 10.6 Å². The van der Waals surface area contributed by atoms with Gasteiger partial charge in [0.2, 0.25) is 0 Å². The second kappa shape index (κ2) is 5.34. The number of anilines is 1. The molecule has 8 nitrogen and oxygen atoms in total. The molecule has 2 N–H and O–H groups in total. The van der Waals surface area contributed by atoms with Crippen molar-refractivity contribution in [3.05, 3.63) is 40.3 Å². The van der Waals surface area contributed by atoms with E-state index in [1.165, 1.54) is 18.5 Å². The minimum Gasteiger partial charge on any atom is -0.337 e. The van der Waals surface area contributed by atoms with Gasteiger partial charge in [-0.2, -0.15) is 5.10 Å². The van der Waals surface area contributed by atoms with E-state index in [2.05, 4.69) is 15.5 Å². The van der Waals surface area contributed by atoms with E-state index in [9.17, 15) is 14.9 Å². The number of aryl methyl sites for hydroxylation is 1. The summed E-state index contributed by atoms with van der Waals surface area (Å²) in [6.07, 6.45) is 3.64. The van der Waals surface area contributed by atoms with E-state index in [1.807, 2.05) is 6.92 Å². The lowest BCUT2D eigenvalue weighted by molar-refractivity contribution is -0.384. The first-order chi connectivity index (χ1) is 9.11. The molecule has 0 atom stereocenters. The molecule has 0 spiro atoms. The number of nitrogens with one attached hydrogen (secondary N) is 2. The quantitative estimate of drug-likeness (QED) is 0.633. The Morgan fingerprint density at radius 3 is 3.00 bits per heavy atom. The Kier molecular flexibility index (Phi) is 3.60. The molecule has 0 aliphatic carbocycles. The highest BCUT2D eigenvalue weighted by atomic mass is 16.6. The predicted molar refractivity (Wildman–Crippen MR) is 67.9 cm³/mol. The minimum atomic E-state index is -0.515. The molecule has 0 bridgehead atoms. The van der Waals surface area contributed by atoms with Gasteiger partial charge in [0.1, 0.15) is 11.5 Å². The SMILES string of the molecule is CCCn1cc([N+](=O)[O-])cc1C(=O)Nc1ccn[nH]1. The van der Waals surface area contributed by atoms with Gasteiger partial charge in [-0.1, -0.05) is 6.92 Å². The van der Waals surface area contributed by atoms with E-state index >= 15 is 0 Å². The molecular formula is C11H13N5O3. The van der Waals surface area contributed by atoms with Crippen molar-refractivity contribution in [2.75, 3.05) is 5.32 Å². The van der Waals surface area contributed by atoms with Crippen molar-refractivity contribution in [1.82, 2.24) is 14.8 Å². The van der Waals surface area contributed by atoms with Crippen LogP contribution in [-0.2, 0) is 6.54 Å². The third kappa shape index (κ3) is 2.79. The van der Waals surface area contributed by atoms with Crippen molar-refractivity contribution in [2.24, 2.45) is 0 Å².